The van der Waals surface area contributed by atoms with Crippen LogP contribution in [0.5, 0.6) is 5.75 Å². The number of hydrogen-bond acceptors (Lipinski definition) is 5. The van der Waals surface area contributed by atoms with Crippen molar-refractivity contribution in [3.63, 3.8) is 0 Å². The maximum absolute atomic E-state index is 13.2. The molecule has 1 heterocycles. The molecule has 1 unspecified atom stereocenters. The van der Waals surface area contributed by atoms with Gasteiger partial charge < -0.3 is 14.4 Å². The van der Waals surface area contributed by atoms with Crippen LogP contribution in [0.1, 0.15) is 28.8 Å². The Bertz CT molecular complexity index is 867. The van der Waals surface area contributed by atoms with Crippen molar-refractivity contribution >= 4 is 23.2 Å². The maximum atomic E-state index is 13.2. The third kappa shape index (κ3) is 4.79. The van der Waals surface area contributed by atoms with Crippen LogP contribution in [0, 0.1) is 10.1 Å². The van der Waals surface area contributed by atoms with Gasteiger partial charge in [0.2, 0.25) is 0 Å². The van der Waals surface area contributed by atoms with Crippen molar-refractivity contribution in [3.8, 4) is 5.75 Å². The van der Waals surface area contributed by atoms with Crippen molar-refractivity contribution in [2.45, 2.75) is 25.5 Å². The standard InChI is InChI=1S/C20H21ClN2O5/c1-27-16-5-2-4-14(10-16)12-22(13-17-6-3-9-28-17)20(24)18-8-7-15(21)11-19(18)23(25)26/h2,4-5,7-8,10-11,17H,3,6,9,12-13H2,1H3. The Balaban J connectivity index is 1.91. The fraction of sp³-hybridized carbons (Fsp3) is 0.350. The first-order valence-electron chi connectivity index (χ1n) is 8.95. The topological polar surface area (TPSA) is 81.9 Å². The van der Waals surface area contributed by atoms with Gasteiger partial charge in [0, 0.05) is 30.8 Å². The summed E-state index contributed by atoms with van der Waals surface area (Å²) in [6.45, 7) is 1.30. The lowest BCUT2D eigenvalue weighted by atomic mass is 10.1. The lowest BCUT2D eigenvalue weighted by Gasteiger charge is -2.26. The second-order valence-electron chi connectivity index (χ2n) is 6.59. The molecule has 3 rings (SSSR count). The molecule has 1 aliphatic heterocycles. The van der Waals surface area contributed by atoms with Gasteiger partial charge in [0.05, 0.1) is 18.1 Å². The zero-order valence-corrected chi connectivity index (χ0v) is 16.2. The molecule has 0 N–H and O–H groups in total. The van der Waals surface area contributed by atoms with Gasteiger partial charge in [-0.15, -0.1) is 0 Å². The first-order valence-corrected chi connectivity index (χ1v) is 9.33. The monoisotopic (exact) mass is 404 g/mol. The van der Waals surface area contributed by atoms with E-state index in [9.17, 15) is 14.9 Å². The average molecular weight is 405 g/mol. The number of amides is 1. The van der Waals surface area contributed by atoms with Gasteiger partial charge in [0.1, 0.15) is 11.3 Å². The first kappa shape index (κ1) is 20.1. The second kappa shape index (κ2) is 9.03. The summed E-state index contributed by atoms with van der Waals surface area (Å²) in [6.07, 6.45) is 1.71. The molecule has 2 aromatic rings. The molecule has 1 saturated heterocycles. The van der Waals surface area contributed by atoms with E-state index in [-0.39, 0.29) is 28.9 Å². The predicted molar refractivity (Wildman–Crippen MR) is 105 cm³/mol. The molecule has 2 aromatic carbocycles. The molecular formula is C20H21ClN2O5. The van der Waals surface area contributed by atoms with Gasteiger partial charge in [-0.05, 0) is 42.7 Å². The fourth-order valence-electron chi connectivity index (χ4n) is 3.25. The average Bonchev–Trinajstić information content (AvgIpc) is 3.20. The maximum Gasteiger partial charge on any atom is 0.283 e. The molecule has 148 valence electrons. The number of nitro benzene ring substituents is 1. The highest BCUT2D eigenvalue weighted by molar-refractivity contribution is 6.31. The van der Waals surface area contributed by atoms with Crippen molar-refractivity contribution in [1.82, 2.24) is 4.90 Å². The minimum absolute atomic E-state index is 0.00953. The van der Waals surface area contributed by atoms with E-state index in [1.54, 1.807) is 12.0 Å². The van der Waals surface area contributed by atoms with E-state index >= 15 is 0 Å². The number of nitro groups is 1. The summed E-state index contributed by atoms with van der Waals surface area (Å²) in [5.74, 6) is 0.251. The van der Waals surface area contributed by atoms with Gasteiger partial charge in [-0.25, -0.2) is 0 Å². The number of ether oxygens (including phenoxy) is 2. The second-order valence-corrected chi connectivity index (χ2v) is 7.03. The Morgan fingerprint density at radius 1 is 1.36 bits per heavy atom. The minimum Gasteiger partial charge on any atom is -0.497 e. The van der Waals surface area contributed by atoms with E-state index < -0.39 is 10.8 Å². The normalized spacial score (nSPS) is 16.0. The summed E-state index contributed by atoms with van der Waals surface area (Å²) < 4.78 is 10.9. The number of benzene rings is 2. The van der Waals surface area contributed by atoms with Crippen LogP contribution in [-0.4, -0.2) is 42.1 Å². The predicted octanol–water partition coefficient (Wildman–Crippen LogP) is 4.08. The Morgan fingerprint density at radius 3 is 2.86 bits per heavy atom. The third-order valence-electron chi connectivity index (χ3n) is 4.63. The number of nitrogens with zero attached hydrogens (tertiary/aromatic N) is 2. The number of carbonyl (C=O) groups excluding carboxylic acids is 1. The number of hydrogen-bond donors (Lipinski definition) is 0. The molecule has 0 aromatic heterocycles. The van der Waals surface area contributed by atoms with E-state index in [4.69, 9.17) is 21.1 Å². The molecule has 8 heteroatoms. The van der Waals surface area contributed by atoms with E-state index in [1.165, 1.54) is 18.2 Å². The van der Waals surface area contributed by atoms with Crippen molar-refractivity contribution in [2.24, 2.45) is 0 Å². The SMILES string of the molecule is COc1cccc(CN(CC2CCCO2)C(=O)c2ccc(Cl)cc2[N+](=O)[O-])c1. The number of methoxy groups -OCH3 is 1. The van der Waals surface area contributed by atoms with Crippen molar-refractivity contribution in [2.75, 3.05) is 20.3 Å². The van der Waals surface area contributed by atoms with Crippen LogP contribution in [0.3, 0.4) is 0 Å². The highest BCUT2D eigenvalue weighted by Crippen LogP contribution is 2.26. The van der Waals surface area contributed by atoms with Gasteiger partial charge in [-0.2, -0.15) is 0 Å². The Kier molecular flexibility index (Phi) is 6.49. The van der Waals surface area contributed by atoms with Crippen LogP contribution in [0.4, 0.5) is 5.69 Å². The Morgan fingerprint density at radius 2 is 2.18 bits per heavy atom. The molecule has 28 heavy (non-hydrogen) atoms. The molecule has 1 amide bonds. The quantitative estimate of drug-likeness (QED) is 0.513. The van der Waals surface area contributed by atoms with Gasteiger partial charge in [-0.3, -0.25) is 14.9 Å². The lowest BCUT2D eigenvalue weighted by Crippen LogP contribution is -2.37. The van der Waals surface area contributed by atoms with Crippen LogP contribution in [0.2, 0.25) is 5.02 Å². The Labute approximate surface area is 168 Å². The third-order valence-corrected chi connectivity index (χ3v) is 4.86. The van der Waals surface area contributed by atoms with Crippen molar-refractivity contribution in [1.29, 1.82) is 0 Å². The van der Waals surface area contributed by atoms with E-state index in [0.29, 0.717) is 18.9 Å². The van der Waals surface area contributed by atoms with Crippen LogP contribution < -0.4 is 4.74 Å². The summed E-state index contributed by atoms with van der Waals surface area (Å²) >= 11 is 5.88. The molecular weight excluding hydrogens is 384 g/mol. The summed E-state index contributed by atoms with van der Waals surface area (Å²) in [6, 6.07) is 11.5. The fourth-order valence-corrected chi connectivity index (χ4v) is 3.42. The molecule has 0 spiro atoms. The highest BCUT2D eigenvalue weighted by atomic mass is 35.5. The largest absolute Gasteiger partial charge is 0.497 e. The molecule has 1 aliphatic rings. The number of rotatable bonds is 7. The van der Waals surface area contributed by atoms with Crippen molar-refractivity contribution < 1.29 is 19.2 Å². The number of carbonyl (C=O) groups is 1. The van der Waals surface area contributed by atoms with Crippen LogP contribution in [0.15, 0.2) is 42.5 Å². The van der Waals surface area contributed by atoms with Crippen LogP contribution in [0.25, 0.3) is 0 Å². The van der Waals surface area contributed by atoms with Gasteiger partial charge in [0.15, 0.2) is 0 Å². The molecule has 0 radical (unpaired) electrons. The zero-order chi connectivity index (χ0) is 20.1. The molecule has 0 saturated carbocycles. The van der Waals surface area contributed by atoms with Crippen molar-refractivity contribution in [3.05, 3.63) is 68.7 Å². The van der Waals surface area contributed by atoms with E-state index in [2.05, 4.69) is 0 Å². The van der Waals surface area contributed by atoms with Crippen LogP contribution >= 0.6 is 11.6 Å². The molecule has 1 fully saturated rings. The summed E-state index contributed by atoms with van der Waals surface area (Å²) in [5.41, 5.74) is 0.568. The van der Waals surface area contributed by atoms with Crippen LogP contribution in [-0.2, 0) is 11.3 Å². The van der Waals surface area contributed by atoms with Gasteiger partial charge in [0.25, 0.3) is 11.6 Å². The molecule has 7 nitrogen and oxygen atoms in total. The molecule has 0 aliphatic carbocycles. The Hall–Kier alpha value is -2.64. The minimum atomic E-state index is -0.588. The smallest absolute Gasteiger partial charge is 0.283 e. The summed E-state index contributed by atoms with van der Waals surface area (Å²) in [5, 5.41) is 11.6. The number of halogens is 1. The lowest BCUT2D eigenvalue weighted by molar-refractivity contribution is -0.385. The van der Waals surface area contributed by atoms with Gasteiger partial charge in [-0.1, -0.05) is 23.7 Å². The summed E-state index contributed by atoms with van der Waals surface area (Å²) in [4.78, 5) is 25.6. The zero-order valence-electron chi connectivity index (χ0n) is 15.5. The van der Waals surface area contributed by atoms with Gasteiger partial charge >= 0.3 is 0 Å². The molecule has 0 bridgehead atoms. The highest BCUT2D eigenvalue weighted by Gasteiger charge is 2.28. The molecule has 1 atom stereocenters. The van der Waals surface area contributed by atoms with E-state index in [1.807, 2.05) is 24.3 Å². The van der Waals surface area contributed by atoms with E-state index in [0.717, 1.165) is 18.4 Å². The summed E-state index contributed by atoms with van der Waals surface area (Å²) in [7, 11) is 1.57. The first-order chi connectivity index (χ1) is 13.5.